The van der Waals surface area contributed by atoms with Crippen LogP contribution < -0.4 is 10.0 Å². The van der Waals surface area contributed by atoms with Crippen molar-refractivity contribution in [2.75, 3.05) is 19.6 Å². The third-order valence-electron chi connectivity index (χ3n) is 4.75. The molecule has 31 heavy (non-hydrogen) atoms. The van der Waals surface area contributed by atoms with Gasteiger partial charge in [-0.1, -0.05) is 56.0 Å². The number of hydrogen-bond acceptors (Lipinski definition) is 5. The van der Waals surface area contributed by atoms with E-state index < -0.39 is 34.4 Å². The van der Waals surface area contributed by atoms with Gasteiger partial charge in [-0.15, -0.1) is 0 Å². The Morgan fingerprint density at radius 1 is 1.23 bits per heavy atom. The maximum atomic E-state index is 12.7. The van der Waals surface area contributed by atoms with Crippen LogP contribution in [0.3, 0.4) is 0 Å². The van der Waals surface area contributed by atoms with Crippen LogP contribution in [0.4, 0.5) is 4.79 Å². The van der Waals surface area contributed by atoms with Crippen molar-refractivity contribution >= 4 is 28.3 Å². The molecule has 2 rings (SSSR count). The number of hydrogen-bond donors (Lipinski definition) is 2. The summed E-state index contributed by atoms with van der Waals surface area (Å²) < 4.78 is 33.6. The highest BCUT2D eigenvalue weighted by Crippen LogP contribution is 2.32. The molecule has 2 amide bonds. The minimum absolute atomic E-state index is 0.0412. The summed E-state index contributed by atoms with van der Waals surface area (Å²) in [5.41, 5.74) is 1.23. The van der Waals surface area contributed by atoms with Crippen molar-refractivity contribution in [3.8, 4) is 0 Å². The van der Waals surface area contributed by atoms with Crippen LogP contribution in [0.1, 0.15) is 33.3 Å². The zero-order valence-corrected chi connectivity index (χ0v) is 19.2. The molecule has 1 aromatic rings. The second-order valence-electron chi connectivity index (χ2n) is 8.55. The van der Waals surface area contributed by atoms with E-state index in [-0.39, 0.29) is 24.9 Å². The van der Waals surface area contributed by atoms with Gasteiger partial charge in [-0.3, -0.25) is 4.79 Å². The molecule has 0 aliphatic carbocycles. The molecular weight excluding hydrogens is 418 g/mol. The van der Waals surface area contributed by atoms with E-state index >= 15 is 0 Å². The van der Waals surface area contributed by atoms with Crippen LogP contribution in [0.15, 0.2) is 48.6 Å². The van der Waals surface area contributed by atoms with Gasteiger partial charge < -0.3 is 10.1 Å². The predicted octanol–water partition coefficient (Wildman–Crippen LogP) is 2.71. The van der Waals surface area contributed by atoms with Gasteiger partial charge >= 0.3 is 16.3 Å². The zero-order valence-electron chi connectivity index (χ0n) is 18.4. The summed E-state index contributed by atoms with van der Waals surface area (Å²) in [5, 5.41) is 2.25. The molecular formula is C22H31N3O5S. The molecule has 0 unspecified atom stereocenters. The van der Waals surface area contributed by atoms with E-state index in [2.05, 4.69) is 11.9 Å². The van der Waals surface area contributed by atoms with Gasteiger partial charge in [0.25, 0.3) is 5.91 Å². The number of amides is 2. The van der Waals surface area contributed by atoms with Crippen molar-refractivity contribution in [2.24, 2.45) is 11.8 Å². The van der Waals surface area contributed by atoms with Crippen LogP contribution >= 0.6 is 0 Å². The maximum Gasteiger partial charge on any atom is 0.408 e. The highest BCUT2D eigenvalue weighted by Gasteiger charge is 2.38. The molecule has 1 aliphatic heterocycles. The Labute approximate surface area is 184 Å². The van der Waals surface area contributed by atoms with Crippen molar-refractivity contribution in [2.45, 2.75) is 33.3 Å². The monoisotopic (exact) mass is 449 g/mol. The van der Waals surface area contributed by atoms with Gasteiger partial charge in [-0.2, -0.15) is 12.7 Å². The highest BCUT2D eigenvalue weighted by molar-refractivity contribution is 7.87. The second-order valence-corrected chi connectivity index (χ2v) is 10.2. The number of nitrogens with zero attached hydrogens (tertiary/aromatic N) is 1. The molecule has 0 spiro atoms. The first-order valence-electron chi connectivity index (χ1n) is 10.1. The first-order chi connectivity index (χ1) is 14.4. The fourth-order valence-corrected chi connectivity index (χ4v) is 4.60. The molecule has 0 radical (unpaired) electrons. The topological polar surface area (TPSA) is 105 Å². The molecule has 0 bridgehead atoms. The number of allylic oxidation sites excluding steroid dienone is 1. The zero-order chi connectivity index (χ0) is 23.2. The molecule has 2 N–H and O–H groups in total. The van der Waals surface area contributed by atoms with E-state index in [9.17, 15) is 18.0 Å². The molecule has 0 saturated carbocycles. The first-order valence-corrected chi connectivity index (χ1v) is 11.5. The average Bonchev–Trinajstić information content (AvgIpc) is 3.06. The first kappa shape index (κ1) is 24.6. The Morgan fingerprint density at radius 2 is 1.87 bits per heavy atom. The molecule has 170 valence electrons. The van der Waals surface area contributed by atoms with Gasteiger partial charge in [0.15, 0.2) is 0 Å². The molecule has 2 atom stereocenters. The lowest BCUT2D eigenvalue weighted by atomic mass is 9.89. The SMILES string of the molecule is C=C/C(=C\c1ccccc1)[C@H]1CN(S(=O)(=O)NC(=O)CNC(=O)OC(C)(C)C)C[C@@H]1C. The van der Waals surface area contributed by atoms with Crippen LogP contribution in [0.25, 0.3) is 6.08 Å². The molecule has 8 nitrogen and oxygen atoms in total. The van der Waals surface area contributed by atoms with Gasteiger partial charge in [-0.05, 0) is 37.8 Å². The van der Waals surface area contributed by atoms with E-state index in [1.54, 1.807) is 26.8 Å². The Bertz CT molecular complexity index is 936. The Hall–Kier alpha value is -2.65. The number of ether oxygens (including phenoxy) is 1. The van der Waals surface area contributed by atoms with E-state index in [0.29, 0.717) is 0 Å². The van der Waals surface area contributed by atoms with Crippen molar-refractivity contribution in [3.05, 3.63) is 54.1 Å². The Kier molecular flexibility index (Phi) is 8.02. The molecule has 1 aliphatic rings. The fourth-order valence-electron chi connectivity index (χ4n) is 3.32. The minimum Gasteiger partial charge on any atom is -0.444 e. The summed E-state index contributed by atoms with van der Waals surface area (Å²) in [6.07, 6.45) is 2.94. The van der Waals surface area contributed by atoms with Gasteiger partial charge in [0.2, 0.25) is 0 Å². The predicted molar refractivity (Wildman–Crippen MR) is 120 cm³/mol. The summed E-state index contributed by atoms with van der Waals surface area (Å²) in [7, 11) is -4.04. The lowest BCUT2D eigenvalue weighted by Crippen LogP contribution is -2.46. The fraction of sp³-hybridized carbons (Fsp3) is 0.455. The van der Waals surface area contributed by atoms with Crippen LogP contribution in [0, 0.1) is 11.8 Å². The van der Waals surface area contributed by atoms with Crippen LogP contribution in [0.2, 0.25) is 0 Å². The molecule has 0 aromatic heterocycles. The van der Waals surface area contributed by atoms with Gasteiger partial charge in [0.05, 0.1) is 0 Å². The standard InChI is InChI=1S/C22H31N3O5S/c1-6-18(12-17-10-8-7-9-11-17)19-15-25(14-16(19)2)31(28,29)24-20(26)13-23-21(27)30-22(3,4)5/h6-12,16,19H,1,13-15H2,2-5H3,(H,23,27)(H,24,26)/b18-12+/t16-,19-/m0/s1. The van der Waals surface area contributed by atoms with Crippen LogP contribution in [-0.2, 0) is 19.7 Å². The highest BCUT2D eigenvalue weighted by atomic mass is 32.2. The Morgan fingerprint density at radius 3 is 2.45 bits per heavy atom. The van der Waals surface area contributed by atoms with Crippen molar-refractivity contribution in [1.29, 1.82) is 0 Å². The van der Waals surface area contributed by atoms with Crippen LogP contribution in [0.5, 0.6) is 0 Å². The minimum atomic E-state index is -4.04. The summed E-state index contributed by atoms with van der Waals surface area (Å²) in [4.78, 5) is 23.7. The molecule has 1 aromatic carbocycles. The van der Waals surface area contributed by atoms with E-state index in [0.717, 1.165) is 11.1 Å². The molecule has 1 fully saturated rings. The number of rotatable bonds is 7. The molecule has 1 heterocycles. The normalized spacial score (nSPS) is 20.2. The number of benzene rings is 1. The average molecular weight is 450 g/mol. The summed E-state index contributed by atoms with van der Waals surface area (Å²) in [6, 6.07) is 9.73. The number of nitrogens with one attached hydrogen (secondary N) is 2. The Balaban J connectivity index is 1.99. The lowest BCUT2D eigenvalue weighted by Gasteiger charge is -2.20. The maximum absolute atomic E-state index is 12.7. The van der Waals surface area contributed by atoms with E-state index in [1.165, 1.54) is 4.31 Å². The van der Waals surface area contributed by atoms with E-state index in [1.807, 2.05) is 48.1 Å². The molecule has 9 heteroatoms. The number of carbonyl (C=O) groups excluding carboxylic acids is 2. The smallest absolute Gasteiger partial charge is 0.408 e. The van der Waals surface area contributed by atoms with Crippen molar-refractivity contribution in [1.82, 2.24) is 14.3 Å². The van der Waals surface area contributed by atoms with Gasteiger partial charge in [0.1, 0.15) is 12.1 Å². The third-order valence-corrected chi connectivity index (χ3v) is 6.21. The third kappa shape index (κ3) is 7.52. The van der Waals surface area contributed by atoms with Crippen molar-refractivity contribution < 1.29 is 22.7 Å². The summed E-state index contributed by atoms with van der Waals surface area (Å²) >= 11 is 0. The van der Waals surface area contributed by atoms with Gasteiger partial charge in [-0.25, -0.2) is 9.52 Å². The number of carbonyl (C=O) groups is 2. The van der Waals surface area contributed by atoms with Gasteiger partial charge in [0, 0.05) is 19.0 Å². The molecule has 1 saturated heterocycles. The summed E-state index contributed by atoms with van der Waals surface area (Å²) in [5.74, 6) is -0.852. The summed E-state index contributed by atoms with van der Waals surface area (Å²) in [6.45, 7) is 10.9. The number of alkyl carbamates (subject to hydrolysis) is 1. The quantitative estimate of drug-likeness (QED) is 0.623. The lowest BCUT2D eigenvalue weighted by molar-refractivity contribution is -0.118. The second kappa shape index (κ2) is 10.1. The van der Waals surface area contributed by atoms with E-state index in [4.69, 9.17) is 4.74 Å². The largest absolute Gasteiger partial charge is 0.444 e. The van der Waals surface area contributed by atoms with Crippen molar-refractivity contribution in [3.63, 3.8) is 0 Å². The van der Waals surface area contributed by atoms with Crippen LogP contribution in [-0.4, -0.2) is 50.0 Å².